The minimum atomic E-state index is 0.0866. The van der Waals surface area contributed by atoms with Crippen LogP contribution in [0, 0.1) is 0 Å². The molecule has 1 aliphatic carbocycles. The van der Waals surface area contributed by atoms with Crippen molar-refractivity contribution in [2.75, 3.05) is 0 Å². The Balaban J connectivity index is 1.43. The predicted molar refractivity (Wildman–Crippen MR) is 154 cm³/mol. The largest absolute Gasteiger partial charge is 0.140 e. The first-order valence-electron chi connectivity index (χ1n) is 11.5. The van der Waals surface area contributed by atoms with Gasteiger partial charge in [0.15, 0.2) is 0 Å². The molecular formula is C29H32S4. The lowest BCUT2D eigenvalue weighted by molar-refractivity contribution is 0.599. The van der Waals surface area contributed by atoms with Crippen molar-refractivity contribution in [3.8, 4) is 19.5 Å². The van der Waals surface area contributed by atoms with Gasteiger partial charge in [0.2, 0.25) is 0 Å². The molecule has 33 heavy (non-hydrogen) atoms. The van der Waals surface area contributed by atoms with Crippen LogP contribution in [-0.4, -0.2) is 0 Å². The Hall–Kier alpha value is -1.46. The molecule has 0 radical (unpaired) electrons. The Labute approximate surface area is 214 Å². The van der Waals surface area contributed by atoms with Crippen LogP contribution in [0.25, 0.3) is 31.7 Å². The molecule has 4 heteroatoms. The molecule has 0 saturated carbocycles. The van der Waals surface area contributed by atoms with E-state index in [9.17, 15) is 0 Å². The van der Waals surface area contributed by atoms with Crippen LogP contribution in [0.4, 0.5) is 0 Å². The zero-order valence-electron chi connectivity index (χ0n) is 20.8. The normalized spacial score (nSPS) is 15.4. The lowest BCUT2D eigenvalue weighted by Gasteiger charge is -2.20. The highest BCUT2D eigenvalue weighted by Gasteiger charge is 2.40. The zero-order chi connectivity index (χ0) is 23.8. The molecule has 0 nitrogen and oxygen atoms in total. The standard InChI is InChI=1S/C29H32S4/c1-27(2,3)23-14-12-18(31-23)10-9-17-11-13-21(30-17)22-15-19-25(32-22)26-20(29(19,7)8)16-24(33-26)28(4,5)6/h9-16H,1-8H3. The molecule has 0 aliphatic heterocycles. The molecule has 0 saturated heterocycles. The van der Waals surface area contributed by atoms with Gasteiger partial charge in [-0.15, -0.1) is 45.3 Å². The molecule has 0 atom stereocenters. The molecule has 0 spiro atoms. The van der Waals surface area contributed by atoms with Gasteiger partial charge in [0.05, 0.1) is 0 Å². The van der Waals surface area contributed by atoms with Gasteiger partial charge in [-0.05, 0) is 70.5 Å². The maximum Gasteiger partial charge on any atom is 0.0493 e. The summed E-state index contributed by atoms with van der Waals surface area (Å²) in [5.74, 6) is 0. The van der Waals surface area contributed by atoms with Crippen molar-refractivity contribution < 1.29 is 0 Å². The maximum atomic E-state index is 2.47. The highest BCUT2D eigenvalue weighted by atomic mass is 32.1. The second-order valence-corrected chi connectivity index (χ2v) is 15.9. The van der Waals surface area contributed by atoms with Crippen molar-refractivity contribution in [3.05, 3.63) is 67.0 Å². The quantitative estimate of drug-likeness (QED) is 0.258. The van der Waals surface area contributed by atoms with E-state index in [4.69, 9.17) is 0 Å². The van der Waals surface area contributed by atoms with E-state index in [2.05, 4.69) is 104 Å². The highest BCUT2D eigenvalue weighted by molar-refractivity contribution is 7.27. The van der Waals surface area contributed by atoms with Crippen LogP contribution in [0.3, 0.4) is 0 Å². The van der Waals surface area contributed by atoms with Gasteiger partial charge in [-0.3, -0.25) is 0 Å². The summed E-state index contributed by atoms with van der Waals surface area (Å²) in [5, 5.41) is 0. The predicted octanol–water partition coefficient (Wildman–Crippen LogP) is 10.7. The fourth-order valence-corrected chi connectivity index (χ4v) is 9.08. The molecule has 5 rings (SSSR count). The van der Waals surface area contributed by atoms with Crippen LogP contribution in [-0.2, 0) is 16.2 Å². The summed E-state index contributed by atoms with van der Waals surface area (Å²) in [7, 11) is 0. The third kappa shape index (κ3) is 4.14. The molecule has 0 bridgehead atoms. The summed E-state index contributed by atoms with van der Waals surface area (Å²) < 4.78 is 0. The van der Waals surface area contributed by atoms with Crippen LogP contribution in [0.1, 0.15) is 86.0 Å². The molecule has 1 aliphatic rings. The molecule has 4 aromatic rings. The van der Waals surface area contributed by atoms with Crippen LogP contribution in [0.15, 0.2) is 36.4 Å². The molecule has 4 heterocycles. The number of thiophene rings is 4. The second kappa shape index (κ2) is 7.78. The molecule has 0 aromatic carbocycles. The topological polar surface area (TPSA) is 0 Å². The van der Waals surface area contributed by atoms with Gasteiger partial charge in [-0.1, -0.05) is 55.4 Å². The fraction of sp³-hybridized carbons (Fsp3) is 0.379. The van der Waals surface area contributed by atoms with E-state index in [0.717, 1.165) is 0 Å². The van der Waals surface area contributed by atoms with Gasteiger partial charge in [0.1, 0.15) is 0 Å². The van der Waals surface area contributed by atoms with Crippen molar-refractivity contribution in [3.63, 3.8) is 0 Å². The molecular weight excluding hydrogens is 477 g/mol. The highest BCUT2D eigenvalue weighted by Crippen LogP contribution is 2.58. The Morgan fingerprint density at radius 2 is 1.18 bits per heavy atom. The first kappa shape index (κ1) is 23.3. The molecule has 0 N–H and O–H groups in total. The lowest BCUT2D eigenvalue weighted by Crippen LogP contribution is -2.15. The van der Waals surface area contributed by atoms with Gasteiger partial charge < -0.3 is 0 Å². The lowest BCUT2D eigenvalue weighted by atomic mass is 9.82. The van der Waals surface area contributed by atoms with E-state index in [1.807, 2.05) is 45.3 Å². The second-order valence-electron chi connectivity index (χ2n) is 11.6. The Morgan fingerprint density at radius 1 is 0.606 bits per heavy atom. The maximum absolute atomic E-state index is 2.47. The van der Waals surface area contributed by atoms with Crippen molar-refractivity contribution >= 4 is 57.5 Å². The van der Waals surface area contributed by atoms with Crippen LogP contribution < -0.4 is 0 Å². The molecule has 4 aromatic heterocycles. The van der Waals surface area contributed by atoms with E-state index in [0.29, 0.717) is 0 Å². The van der Waals surface area contributed by atoms with Crippen molar-refractivity contribution in [1.29, 1.82) is 0 Å². The Bertz CT molecular complexity index is 1350. The van der Waals surface area contributed by atoms with Gasteiger partial charge in [-0.2, -0.15) is 0 Å². The average Bonchev–Trinajstić information content (AvgIpc) is 3.50. The van der Waals surface area contributed by atoms with Crippen molar-refractivity contribution in [2.24, 2.45) is 0 Å². The number of hydrogen-bond donors (Lipinski definition) is 0. The Morgan fingerprint density at radius 3 is 1.82 bits per heavy atom. The summed E-state index contributed by atoms with van der Waals surface area (Å²) in [5.41, 5.74) is 3.53. The van der Waals surface area contributed by atoms with E-state index in [1.165, 1.54) is 50.1 Å². The number of fused-ring (bicyclic) bond motifs is 3. The number of hydrogen-bond acceptors (Lipinski definition) is 4. The molecule has 0 unspecified atom stereocenters. The smallest absolute Gasteiger partial charge is 0.0493 e. The van der Waals surface area contributed by atoms with E-state index >= 15 is 0 Å². The van der Waals surface area contributed by atoms with Crippen LogP contribution in [0.2, 0.25) is 0 Å². The molecule has 0 fully saturated rings. The SMILES string of the molecule is CC(C)(C)c1ccc(C=Cc2ccc(-c3cc4c(s3)-c3sc(C(C)(C)C)cc3C4(C)C)s2)s1. The Kier molecular flexibility index (Phi) is 5.49. The van der Waals surface area contributed by atoms with E-state index in [-0.39, 0.29) is 16.2 Å². The summed E-state index contributed by atoms with van der Waals surface area (Å²) in [4.78, 5) is 11.3. The molecule has 0 amide bonds. The van der Waals surface area contributed by atoms with E-state index in [1.54, 1.807) is 0 Å². The van der Waals surface area contributed by atoms with Gasteiger partial charge >= 0.3 is 0 Å². The van der Waals surface area contributed by atoms with Gasteiger partial charge in [0, 0.05) is 44.4 Å². The van der Waals surface area contributed by atoms with Crippen LogP contribution >= 0.6 is 45.3 Å². The summed E-state index contributed by atoms with van der Waals surface area (Å²) in [6, 6.07) is 14.0. The first-order valence-corrected chi connectivity index (χ1v) is 14.8. The minimum Gasteiger partial charge on any atom is -0.140 e. The third-order valence-corrected chi connectivity index (χ3v) is 12.0. The van der Waals surface area contributed by atoms with Gasteiger partial charge in [-0.25, -0.2) is 0 Å². The summed E-state index contributed by atoms with van der Waals surface area (Å²) in [6.07, 6.45) is 4.53. The fourth-order valence-electron chi connectivity index (χ4n) is 4.27. The third-order valence-electron chi connectivity index (χ3n) is 6.40. The zero-order valence-corrected chi connectivity index (χ0v) is 24.0. The van der Waals surface area contributed by atoms with Crippen molar-refractivity contribution in [1.82, 2.24) is 0 Å². The van der Waals surface area contributed by atoms with Crippen LogP contribution in [0.5, 0.6) is 0 Å². The summed E-state index contributed by atoms with van der Waals surface area (Å²) >= 11 is 7.77. The monoisotopic (exact) mass is 508 g/mol. The molecule has 172 valence electrons. The first-order chi connectivity index (χ1) is 15.3. The average molecular weight is 509 g/mol. The van der Waals surface area contributed by atoms with Gasteiger partial charge in [0.25, 0.3) is 0 Å². The van der Waals surface area contributed by atoms with Crippen molar-refractivity contribution in [2.45, 2.75) is 71.6 Å². The number of rotatable bonds is 3. The summed E-state index contributed by atoms with van der Waals surface area (Å²) in [6.45, 7) is 18.6. The minimum absolute atomic E-state index is 0.0866. The van der Waals surface area contributed by atoms with E-state index < -0.39 is 0 Å².